The molecule has 0 aliphatic heterocycles. The van der Waals surface area contributed by atoms with Gasteiger partial charge in [-0.2, -0.15) is 20.5 Å². The second-order valence-corrected chi connectivity index (χ2v) is 6.75. The minimum absolute atomic E-state index is 0.0494. The maximum Gasteiger partial charge on any atom is 0.236 e. The van der Waals surface area contributed by atoms with Crippen LogP contribution in [0.15, 0.2) is 30.3 Å². The molecule has 0 saturated carbocycles. The van der Waals surface area contributed by atoms with Crippen molar-refractivity contribution in [1.29, 1.82) is 10.5 Å². The third-order valence-corrected chi connectivity index (χ3v) is 4.63. The van der Waals surface area contributed by atoms with Crippen LogP contribution >= 0.6 is 0 Å². The van der Waals surface area contributed by atoms with Crippen molar-refractivity contribution in [1.82, 2.24) is 15.0 Å². The van der Waals surface area contributed by atoms with E-state index in [0.717, 1.165) is 31.5 Å². The molecule has 0 bridgehead atoms. The van der Waals surface area contributed by atoms with E-state index in [0.29, 0.717) is 34.6 Å². The molecule has 0 aliphatic carbocycles. The Morgan fingerprint density at radius 1 is 0.933 bits per heavy atom. The molecule has 0 saturated heterocycles. The molecule has 3 aromatic rings. The standard InChI is InChI=1S/C23H24N6O/c1-4-12-29(13-5-2)22-20-19(16-10-8-7-9-11-16)17(14-24)23(30-6-3)28-21(20)26-18(15-25)27-22/h7-11H,4-6,12-13H2,1-3H3. The van der Waals surface area contributed by atoms with E-state index in [4.69, 9.17) is 4.74 Å². The summed E-state index contributed by atoms with van der Waals surface area (Å²) in [6.07, 6.45) is 1.84. The first kappa shape index (κ1) is 21.0. The van der Waals surface area contributed by atoms with E-state index in [1.807, 2.05) is 43.3 Å². The summed E-state index contributed by atoms with van der Waals surface area (Å²) >= 11 is 0. The molecule has 0 unspecified atom stereocenters. The molecule has 30 heavy (non-hydrogen) atoms. The van der Waals surface area contributed by atoms with Gasteiger partial charge in [0.1, 0.15) is 23.5 Å². The van der Waals surface area contributed by atoms with Crippen LogP contribution in [0.2, 0.25) is 0 Å². The van der Waals surface area contributed by atoms with Gasteiger partial charge in [-0.3, -0.25) is 0 Å². The van der Waals surface area contributed by atoms with Crippen LogP contribution in [-0.4, -0.2) is 34.6 Å². The van der Waals surface area contributed by atoms with Crippen LogP contribution in [0.1, 0.15) is 45.0 Å². The van der Waals surface area contributed by atoms with Crippen molar-refractivity contribution in [3.63, 3.8) is 0 Å². The molecule has 3 rings (SSSR count). The van der Waals surface area contributed by atoms with Crippen molar-refractivity contribution in [2.24, 2.45) is 0 Å². The molecular weight excluding hydrogens is 376 g/mol. The summed E-state index contributed by atoms with van der Waals surface area (Å²) in [5.41, 5.74) is 2.24. The van der Waals surface area contributed by atoms with Gasteiger partial charge in [-0.05, 0) is 25.3 Å². The largest absolute Gasteiger partial charge is 0.477 e. The molecule has 2 heterocycles. The molecule has 7 heteroatoms. The van der Waals surface area contributed by atoms with E-state index in [1.165, 1.54) is 0 Å². The Balaban J connectivity index is 2.49. The third kappa shape index (κ3) is 4.01. The zero-order valence-electron chi connectivity index (χ0n) is 17.5. The van der Waals surface area contributed by atoms with E-state index in [9.17, 15) is 10.5 Å². The van der Waals surface area contributed by atoms with Gasteiger partial charge in [-0.25, -0.2) is 4.98 Å². The number of aromatic nitrogens is 3. The number of rotatable bonds is 8. The molecule has 2 aromatic heterocycles. The Bertz CT molecular complexity index is 1110. The zero-order chi connectivity index (χ0) is 21.5. The lowest BCUT2D eigenvalue weighted by Crippen LogP contribution is -2.27. The molecule has 152 valence electrons. The lowest BCUT2D eigenvalue weighted by Gasteiger charge is -2.25. The first-order valence-corrected chi connectivity index (χ1v) is 10.2. The van der Waals surface area contributed by atoms with Crippen LogP contribution in [-0.2, 0) is 0 Å². The van der Waals surface area contributed by atoms with E-state index >= 15 is 0 Å². The monoisotopic (exact) mass is 400 g/mol. The summed E-state index contributed by atoms with van der Waals surface area (Å²) in [4.78, 5) is 15.6. The number of anilines is 1. The summed E-state index contributed by atoms with van der Waals surface area (Å²) in [7, 11) is 0. The second kappa shape index (κ2) is 9.67. The molecule has 0 radical (unpaired) electrons. The van der Waals surface area contributed by atoms with E-state index in [1.54, 1.807) is 0 Å². The van der Waals surface area contributed by atoms with Crippen molar-refractivity contribution >= 4 is 16.9 Å². The normalized spacial score (nSPS) is 10.4. The predicted octanol–water partition coefficient (Wildman–Crippen LogP) is 4.46. The first-order valence-electron chi connectivity index (χ1n) is 10.2. The van der Waals surface area contributed by atoms with Gasteiger partial charge in [0.25, 0.3) is 0 Å². The van der Waals surface area contributed by atoms with Gasteiger partial charge in [0.15, 0.2) is 5.65 Å². The van der Waals surface area contributed by atoms with E-state index in [-0.39, 0.29) is 11.7 Å². The molecule has 0 aliphatic rings. The highest BCUT2D eigenvalue weighted by Gasteiger charge is 2.24. The molecule has 1 aromatic carbocycles. The highest BCUT2D eigenvalue weighted by Crippen LogP contribution is 2.39. The number of pyridine rings is 1. The highest BCUT2D eigenvalue weighted by atomic mass is 16.5. The molecule has 0 spiro atoms. The number of benzene rings is 1. The van der Waals surface area contributed by atoms with Crippen molar-refractivity contribution in [2.75, 3.05) is 24.6 Å². The van der Waals surface area contributed by atoms with Crippen LogP contribution in [0.3, 0.4) is 0 Å². The first-order chi connectivity index (χ1) is 14.7. The third-order valence-electron chi connectivity index (χ3n) is 4.63. The lowest BCUT2D eigenvalue weighted by atomic mass is 9.97. The predicted molar refractivity (Wildman–Crippen MR) is 116 cm³/mol. The molecule has 0 amide bonds. The Kier molecular flexibility index (Phi) is 6.77. The van der Waals surface area contributed by atoms with Crippen LogP contribution in [0, 0.1) is 22.7 Å². The molecular formula is C23H24N6O. The number of fused-ring (bicyclic) bond motifs is 1. The fourth-order valence-corrected chi connectivity index (χ4v) is 3.51. The molecule has 7 nitrogen and oxygen atoms in total. The van der Waals surface area contributed by atoms with Gasteiger partial charge < -0.3 is 9.64 Å². The number of nitriles is 2. The van der Waals surface area contributed by atoms with E-state index in [2.05, 4.69) is 39.8 Å². The minimum atomic E-state index is 0.0494. The van der Waals surface area contributed by atoms with Crippen molar-refractivity contribution in [3.05, 3.63) is 41.7 Å². The summed E-state index contributed by atoms with van der Waals surface area (Å²) in [6.45, 7) is 7.94. The van der Waals surface area contributed by atoms with Gasteiger partial charge >= 0.3 is 0 Å². The molecule has 0 atom stereocenters. The van der Waals surface area contributed by atoms with E-state index < -0.39 is 0 Å². The minimum Gasteiger partial charge on any atom is -0.477 e. The van der Waals surface area contributed by atoms with Crippen molar-refractivity contribution in [2.45, 2.75) is 33.6 Å². The summed E-state index contributed by atoms with van der Waals surface area (Å²) in [6, 6.07) is 14.0. The highest BCUT2D eigenvalue weighted by molar-refractivity contribution is 6.03. The Morgan fingerprint density at radius 3 is 2.20 bits per heavy atom. The SMILES string of the molecule is CCCN(CCC)c1nc(C#N)nc2nc(OCC)c(C#N)c(-c3ccccc3)c12. The smallest absolute Gasteiger partial charge is 0.236 e. The topological polar surface area (TPSA) is 98.7 Å². The van der Waals surface area contributed by atoms with Gasteiger partial charge in [0, 0.05) is 18.7 Å². The van der Waals surface area contributed by atoms with Gasteiger partial charge in [0.2, 0.25) is 11.7 Å². The molecule has 0 fully saturated rings. The fraction of sp³-hybridized carbons (Fsp3) is 0.348. The van der Waals surface area contributed by atoms with Gasteiger partial charge in [0.05, 0.1) is 12.0 Å². The van der Waals surface area contributed by atoms with Gasteiger partial charge in [-0.1, -0.05) is 44.2 Å². The lowest BCUT2D eigenvalue weighted by molar-refractivity contribution is 0.327. The maximum absolute atomic E-state index is 10.0. The Hall–Kier alpha value is -3.71. The number of hydrogen-bond donors (Lipinski definition) is 0. The van der Waals surface area contributed by atoms with Crippen LogP contribution in [0.5, 0.6) is 5.88 Å². The summed E-state index contributed by atoms with van der Waals surface area (Å²) in [5.74, 6) is 0.900. The number of ether oxygens (including phenoxy) is 1. The second-order valence-electron chi connectivity index (χ2n) is 6.75. The number of nitrogens with zero attached hydrogens (tertiary/aromatic N) is 6. The molecule has 0 N–H and O–H groups in total. The summed E-state index contributed by atoms with van der Waals surface area (Å²) in [5, 5.41) is 20.2. The van der Waals surface area contributed by atoms with Crippen LogP contribution < -0.4 is 9.64 Å². The van der Waals surface area contributed by atoms with Crippen LogP contribution in [0.25, 0.3) is 22.2 Å². The number of hydrogen-bond acceptors (Lipinski definition) is 7. The van der Waals surface area contributed by atoms with Crippen LogP contribution in [0.4, 0.5) is 5.82 Å². The Labute approximate surface area is 176 Å². The Morgan fingerprint density at radius 2 is 1.63 bits per heavy atom. The quantitative estimate of drug-likeness (QED) is 0.550. The zero-order valence-corrected chi connectivity index (χ0v) is 17.5. The average Bonchev–Trinajstić information content (AvgIpc) is 2.78. The average molecular weight is 400 g/mol. The fourth-order valence-electron chi connectivity index (χ4n) is 3.51. The maximum atomic E-state index is 10.0. The van der Waals surface area contributed by atoms with Crippen molar-refractivity contribution < 1.29 is 4.74 Å². The van der Waals surface area contributed by atoms with Gasteiger partial charge in [-0.15, -0.1) is 0 Å². The summed E-state index contributed by atoms with van der Waals surface area (Å²) < 4.78 is 5.68. The van der Waals surface area contributed by atoms with Crippen molar-refractivity contribution in [3.8, 4) is 29.1 Å².